The predicted molar refractivity (Wildman–Crippen MR) is 72.5 cm³/mol. The van der Waals surface area contributed by atoms with Gasteiger partial charge >= 0.3 is 5.97 Å². The van der Waals surface area contributed by atoms with Crippen molar-refractivity contribution in [3.63, 3.8) is 0 Å². The van der Waals surface area contributed by atoms with E-state index in [1.54, 1.807) is 7.11 Å². The normalized spacial score (nSPS) is 22.7. The van der Waals surface area contributed by atoms with Crippen LogP contribution in [-0.4, -0.2) is 41.1 Å². The molecule has 2 atom stereocenters. The summed E-state index contributed by atoms with van der Waals surface area (Å²) in [5.74, 6) is -0.0133. The summed E-state index contributed by atoms with van der Waals surface area (Å²) in [5, 5.41) is 11.1. The zero-order valence-corrected chi connectivity index (χ0v) is 11.3. The van der Waals surface area contributed by atoms with Gasteiger partial charge in [-0.05, 0) is 24.1 Å². The van der Waals surface area contributed by atoms with Crippen molar-refractivity contribution in [2.24, 2.45) is 0 Å². The van der Waals surface area contributed by atoms with Crippen LogP contribution in [0.25, 0.3) is 0 Å². The van der Waals surface area contributed by atoms with E-state index < -0.39 is 12.0 Å². The van der Waals surface area contributed by atoms with Crippen molar-refractivity contribution < 1.29 is 19.4 Å². The van der Waals surface area contributed by atoms with E-state index in [9.17, 15) is 9.59 Å². The molecule has 19 heavy (non-hydrogen) atoms. The quantitative estimate of drug-likeness (QED) is 0.858. The van der Waals surface area contributed by atoms with Crippen LogP contribution in [0.2, 0.25) is 0 Å². The topological polar surface area (TPSA) is 75.6 Å². The second-order valence-corrected chi connectivity index (χ2v) is 5.51. The molecular formula is C13H15NO4S. The molecule has 6 heteroatoms. The number of nitrogens with one attached hydrogen (secondary N) is 1. The summed E-state index contributed by atoms with van der Waals surface area (Å²) in [6.45, 7) is 0. The van der Waals surface area contributed by atoms with Crippen molar-refractivity contribution in [1.29, 1.82) is 0 Å². The maximum absolute atomic E-state index is 11.8. The van der Waals surface area contributed by atoms with E-state index in [0.717, 1.165) is 11.3 Å². The molecule has 5 nitrogen and oxygen atoms in total. The van der Waals surface area contributed by atoms with Crippen molar-refractivity contribution in [3.05, 3.63) is 29.8 Å². The van der Waals surface area contributed by atoms with Gasteiger partial charge in [-0.3, -0.25) is 4.79 Å². The highest BCUT2D eigenvalue weighted by Gasteiger charge is 2.32. The Morgan fingerprint density at radius 2 is 2.16 bits per heavy atom. The van der Waals surface area contributed by atoms with Crippen LogP contribution in [0.1, 0.15) is 5.56 Å². The summed E-state index contributed by atoms with van der Waals surface area (Å²) in [6.07, 6.45) is 0.590. The van der Waals surface area contributed by atoms with Crippen molar-refractivity contribution >= 4 is 23.6 Å². The van der Waals surface area contributed by atoms with Crippen LogP contribution >= 0.6 is 11.8 Å². The molecule has 1 saturated heterocycles. The van der Waals surface area contributed by atoms with Crippen LogP contribution in [0.15, 0.2) is 24.3 Å². The Kier molecular flexibility index (Phi) is 4.31. The number of benzene rings is 1. The van der Waals surface area contributed by atoms with Gasteiger partial charge in [-0.15, -0.1) is 11.8 Å². The summed E-state index contributed by atoms with van der Waals surface area (Å²) in [6, 6.07) is 6.75. The number of aliphatic carboxylic acids is 1. The number of hydrogen-bond donors (Lipinski definition) is 2. The molecule has 0 aromatic heterocycles. The number of carboxylic acid groups (broad SMARTS) is 1. The molecule has 1 aliphatic heterocycles. The van der Waals surface area contributed by atoms with Crippen LogP contribution in [0.4, 0.5) is 0 Å². The van der Waals surface area contributed by atoms with Crippen molar-refractivity contribution in [1.82, 2.24) is 5.32 Å². The number of hydrogen-bond acceptors (Lipinski definition) is 4. The molecule has 1 fully saturated rings. The molecule has 1 aromatic rings. The summed E-state index contributed by atoms with van der Waals surface area (Å²) < 4.78 is 5.07. The summed E-state index contributed by atoms with van der Waals surface area (Å²) in [5.41, 5.74) is 1.03. The molecule has 1 amide bonds. The van der Waals surface area contributed by atoms with Crippen LogP contribution in [0.5, 0.6) is 5.75 Å². The molecule has 102 valence electrons. The van der Waals surface area contributed by atoms with Gasteiger partial charge in [0.05, 0.1) is 12.4 Å². The van der Waals surface area contributed by atoms with Crippen molar-refractivity contribution in [2.75, 3.05) is 12.9 Å². The minimum absolute atomic E-state index is 0.209. The fourth-order valence-corrected chi connectivity index (χ4v) is 3.04. The first kappa shape index (κ1) is 13.7. The lowest BCUT2D eigenvalue weighted by atomic mass is 10.1. The molecule has 0 unspecified atom stereocenters. The van der Waals surface area contributed by atoms with E-state index in [0.29, 0.717) is 12.2 Å². The standard InChI is InChI=1S/C13H15NO4S/c1-18-9-4-2-8(3-5-9)6-11-12(15)14-10(7-19-11)13(16)17/h2-5,10-11H,6-7H2,1H3,(H,14,15)(H,16,17)/t10-,11+/m0/s1. The molecule has 0 bridgehead atoms. The first-order valence-corrected chi connectivity index (χ1v) is 6.92. The molecule has 0 radical (unpaired) electrons. The summed E-state index contributed by atoms with van der Waals surface area (Å²) in [7, 11) is 1.60. The molecule has 1 aliphatic rings. The number of carbonyl (C=O) groups is 2. The Morgan fingerprint density at radius 1 is 1.47 bits per heavy atom. The van der Waals surface area contributed by atoms with Gasteiger partial charge in [0.2, 0.25) is 5.91 Å². The van der Waals surface area contributed by atoms with Crippen molar-refractivity contribution in [3.8, 4) is 5.75 Å². The molecular weight excluding hydrogens is 266 g/mol. The highest BCUT2D eigenvalue weighted by atomic mass is 32.2. The van der Waals surface area contributed by atoms with Gasteiger partial charge < -0.3 is 15.2 Å². The van der Waals surface area contributed by atoms with E-state index in [1.807, 2.05) is 24.3 Å². The summed E-state index contributed by atoms with van der Waals surface area (Å²) >= 11 is 1.39. The highest BCUT2D eigenvalue weighted by molar-refractivity contribution is 8.00. The first-order valence-electron chi connectivity index (χ1n) is 5.88. The number of ether oxygens (including phenoxy) is 1. The van der Waals surface area contributed by atoms with E-state index in [2.05, 4.69) is 5.32 Å². The number of carbonyl (C=O) groups excluding carboxylic acids is 1. The number of thioether (sulfide) groups is 1. The van der Waals surface area contributed by atoms with Crippen molar-refractivity contribution in [2.45, 2.75) is 17.7 Å². The van der Waals surface area contributed by atoms with Crippen LogP contribution in [0.3, 0.4) is 0 Å². The maximum Gasteiger partial charge on any atom is 0.327 e. The molecule has 2 N–H and O–H groups in total. The third-order valence-corrected chi connectivity index (χ3v) is 4.26. The van der Waals surface area contributed by atoms with Gasteiger partial charge in [0.15, 0.2) is 0 Å². The Morgan fingerprint density at radius 3 is 2.68 bits per heavy atom. The summed E-state index contributed by atoms with van der Waals surface area (Å²) in [4.78, 5) is 22.6. The lowest BCUT2D eigenvalue weighted by Crippen LogP contribution is -2.51. The number of rotatable bonds is 4. The smallest absolute Gasteiger partial charge is 0.327 e. The minimum Gasteiger partial charge on any atom is -0.497 e. The van der Waals surface area contributed by atoms with E-state index >= 15 is 0 Å². The third-order valence-electron chi connectivity index (χ3n) is 2.95. The monoisotopic (exact) mass is 281 g/mol. The fourth-order valence-electron chi connectivity index (χ4n) is 1.85. The van der Waals surface area contributed by atoms with Gasteiger partial charge in [-0.2, -0.15) is 0 Å². The maximum atomic E-state index is 11.8. The first-order chi connectivity index (χ1) is 9.10. The minimum atomic E-state index is -0.983. The Labute approximate surface area is 115 Å². The van der Waals surface area contributed by atoms with Gasteiger partial charge in [-0.1, -0.05) is 12.1 Å². The van der Waals surface area contributed by atoms with E-state index in [1.165, 1.54) is 11.8 Å². The van der Waals surface area contributed by atoms with Gasteiger partial charge in [0.25, 0.3) is 0 Å². The average molecular weight is 281 g/mol. The second kappa shape index (κ2) is 5.97. The molecule has 0 spiro atoms. The average Bonchev–Trinajstić information content (AvgIpc) is 2.41. The zero-order valence-electron chi connectivity index (χ0n) is 10.5. The zero-order chi connectivity index (χ0) is 13.8. The van der Waals surface area contributed by atoms with Crippen LogP contribution < -0.4 is 10.1 Å². The Balaban J connectivity index is 1.96. The lowest BCUT2D eigenvalue weighted by Gasteiger charge is -2.26. The molecule has 1 aromatic carbocycles. The number of carboxylic acids is 1. The SMILES string of the molecule is COc1ccc(C[C@H]2SC[C@@H](C(=O)O)NC2=O)cc1. The molecule has 2 rings (SSSR count). The van der Waals surface area contributed by atoms with E-state index in [-0.39, 0.29) is 11.2 Å². The highest BCUT2D eigenvalue weighted by Crippen LogP contribution is 2.23. The Bertz CT molecular complexity index is 474. The Hall–Kier alpha value is -1.69. The van der Waals surface area contributed by atoms with Gasteiger partial charge in [-0.25, -0.2) is 4.79 Å². The largest absolute Gasteiger partial charge is 0.497 e. The molecule has 0 aliphatic carbocycles. The fraction of sp³-hybridized carbons (Fsp3) is 0.385. The number of amides is 1. The van der Waals surface area contributed by atoms with Crippen LogP contribution in [0, 0.1) is 0 Å². The predicted octanol–water partition coefficient (Wildman–Crippen LogP) is 0.922. The van der Waals surface area contributed by atoms with Gasteiger partial charge in [0.1, 0.15) is 11.8 Å². The molecule has 0 saturated carbocycles. The molecule has 1 heterocycles. The number of methoxy groups -OCH3 is 1. The van der Waals surface area contributed by atoms with E-state index in [4.69, 9.17) is 9.84 Å². The van der Waals surface area contributed by atoms with Crippen LogP contribution in [-0.2, 0) is 16.0 Å². The lowest BCUT2D eigenvalue weighted by molar-refractivity contribution is -0.141. The second-order valence-electron chi connectivity index (χ2n) is 4.27. The third kappa shape index (κ3) is 3.41. The van der Waals surface area contributed by atoms with Gasteiger partial charge in [0, 0.05) is 5.75 Å².